The zero-order chi connectivity index (χ0) is 39.0. The molecule has 0 aromatic carbocycles. The Morgan fingerprint density at radius 1 is 0.686 bits per heavy atom. The SMILES string of the molecule is CCC(C)C1NC(=O)C(CC(C)C)NC(=O)C(C(C)O)NC(=O)C(CO)NC(=O)C(C(O)C(C)C)N(C(=O)CCCCCCCCC(C)C)C1=O. The molecule has 0 bridgehead atoms. The van der Waals surface area contributed by atoms with Gasteiger partial charge in [0.2, 0.25) is 29.5 Å². The standard InChI is InChI=1S/C37H67N5O9/c1-10-24(8)29-37(51)42(28(45)18-16-14-12-11-13-15-17-21(2)3)31(32(46)23(6)7)36(50)39-27(20-43)34(48)41-30(25(9)44)35(49)38-26(19-22(4)5)33(47)40-29/h21-27,29-32,43-44,46H,10-20H2,1-9H3,(H,38,49)(H,39,50)(H,40,47)(H,41,48). The first kappa shape index (κ1) is 45.9. The summed E-state index contributed by atoms with van der Waals surface area (Å²) in [6.07, 6.45) is 3.73. The highest BCUT2D eigenvalue weighted by atomic mass is 16.3. The van der Waals surface area contributed by atoms with Crippen molar-refractivity contribution in [2.75, 3.05) is 6.61 Å². The Bertz CT molecular complexity index is 1150. The second-order valence-electron chi connectivity index (χ2n) is 15.4. The molecule has 0 aliphatic carbocycles. The summed E-state index contributed by atoms with van der Waals surface area (Å²) in [7, 11) is 0. The fourth-order valence-corrected chi connectivity index (χ4v) is 6.02. The number of rotatable bonds is 17. The first-order chi connectivity index (χ1) is 23.9. The van der Waals surface area contributed by atoms with E-state index in [2.05, 4.69) is 35.1 Å². The summed E-state index contributed by atoms with van der Waals surface area (Å²) in [5, 5.41) is 42.0. The molecule has 0 spiro atoms. The molecular formula is C37H67N5O9. The molecule has 6 amide bonds. The zero-order valence-corrected chi connectivity index (χ0v) is 32.4. The number of nitrogens with one attached hydrogen (secondary N) is 4. The van der Waals surface area contributed by atoms with E-state index < -0.39 is 96.3 Å². The van der Waals surface area contributed by atoms with Crippen LogP contribution in [-0.4, -0.2) is 105 Å². The van der Waals surface area contributed by atoms with E-state index in [0.29, 0.717) is 25.2 Å². The summed E-state index contributed by atoms with van der Waals surface area (Å²) in [6, 6.07) is -7.61. The number of amides is 6. The van der Waals surface area contributed by atoms with Crippen molar-refractivity contribution in [3.8, 4) is 0 Å². The van der Waals surface area contributed by atoms with Crippen LogP contribution in [0.4, 0.5) is 0 Å². The number of aliphatic hydroxyl groups is 3. The molecule has 51 heavy (non-hydrogen) atoms. The van der Waals surface area contributed by atoms with Crippen LogP contribution in [-0.2, 0) is 28.8 Å². The Morgan fingerprint density at radius 2 is 1.22 bits per heavy atom. The number of imide groups is 1. The summed E-state index contributed by atoms with van der Waals surface area (Å²) < 4.78 is 0. The highest BCUT2D eigenvalue weighted by molar-refractivity contribution is 6.05. The summed E-state index contributed by atoms with van der Waals surface area (Å²) in [6.45, 7) is 15.0. The van der Waals surface area contributed by atoms with Crippen LogP contribution in [0.3, 0.4) is 0 Å². The molecule has 1 heterocycles. The molecule has 8 atom stereocenters. The molecule has 1 aliphatic heterocycles. The fourth-order valence-electron chi connectivity index (χ4n) is 6.02. The lowest BCUT2D eigenvalue weighted by Gasteiger charge is -2.38. The van der Waals surface area contributed by atoms with Crippen LogP contribution in [0.15, 0.2) is 0 Å². The van der Waals surface area contributed by atoms with E-state index in [1.165, 1.54) is 6.92 Å². The van der Waals surface area contributed by atoms with Gasteiger partial charge in [-0.3, -0.25) is 33.7 Å². The van der Waals surface area contributed by atoms with Crippen molar-refractivity contribution in [3.63, 3.8) is 0 Å². The maximum atomic E-state index is 14.6. The molecule has 294 valence electrons. The van der Waals surface area contributed by atoms with Gasteiger partial charge in [0.05, 0.1) is 18.8 Å². The van der Waals surface area contributed by atoms with E-state index in [4.69, 9.17) is 0 Å². The molecular weight excluding hydrogens is 658 g/mol. The van der Waals surface area contributed by atoms with Crippen LogP contribution >= 0.6 is 0 Å². The van der Waals surface area contributed by atoms with Crippen LogP contribution in [0.5, 0.6) is 0 Å². The average molecular weight is 726 g/mol. The lowest BCUT2D eigenvalue weighted by molar-refractivity contribution is -0.160. The molecule has 1 rings (SSSR count). The molecule has 0 aromatic rings. The smallest absolute Gasteiger partial charge is 0.252 e. The number of carbonyl (C=O) groups excluding carboxylic acids is 6. The van der Waals surface area contributed by atoms with Gasteiger partial charge in [-0.1, -0.05) is 100 Å². The minimum Gasteiger partial charge on any atom is -0.394 e. The van der Waals surface area contributed by atoms with Gasteiger partial charge in [-0.15, -0.1) is 0 Å². The summed E-state index contributed by atoms with van der Waals surface area (Å²) in [5.41, 5.74) is 0. The van der Waals surface area contributed by atoms with Gasteiger partial charge in [-0.05, 0) is 43.4 Å². The largest absolute Gasteiger partial charge is 0.394 e. The quantitative estimate of drug-likeness (QED) is 0.109. The average Bonchev–Trinajstić information content (AvgIpc) is 3.05. The fraction of sp³-hybridized carbons (Fsp3) is 0.838. The van der Waals surface area contributed by atoms with Gasteiger partial charge in [-0.2, -0.15) is 0 Å². The maximum absolute atomic E-state index is 14.6. The zero-order valence-electron chi connectivity index (χ0n) is 32.4. The highest BCUT2D eigenvalue weighted by Gasteiger charge is 2.45. The van der Waals surface area contributed by atoms with Crippen LogP contribution in [0.25, 0.3) is 0 Å². The predicted molar refractivity (Wildman–Crippen MR) is 194 cm³/mol. The number of carbonyl (C=O) groups is 6. The van der Waals surface area contributed by atoms with E-state index in [1.807, 2.05) is 13.8 Å². The maximum Gasteiger partial charge on any atom is 0.252 e. The Kier molecular flexibility index (Phi) is 20.5. The molecule has 0 saturated carbocycles. The minimum absolute atomic E-state index is 0.111. The Hall–Kier alpha value is -3.10. The van der Waals surface area contributed by atoms with Crippen molar-refractivity contribution >= 4 is 35.4 Å². The summed E-state index contributed by atoms with van der Waals surface area (Å²) >= 11 is 0. The predicted octanol–water partition coefficient (Wildman–Crippen LogP) is 1.92. The van der Waals surface area contributed by atoms with E-state index in [-0.39, 0.29) is 18.8 Å². The Labute approximate surface area is 304 Å². The summed E-state index contributed by atoms with van der Waals surface area (Å²) in [4.78, 5) is 84.1. The van der Waals surface area contributed by atoms with E-state index in [9.17, 15) is 44.1 Å². The Morgan fingerprint density at radius 3 is 1.73 bits per heavy atom. The number of hydrogen-bond donors (Lipinski definition) is 7. The molecule has 7 N–H and O–H groups in total. The van der Waals surface area contributed by atoms with E-state index in [0.717, 1.165) is 37.0 Å². The third kappa shape index (κ3) is 14.8. The number of nitrogens with zero attached hydrogens (tertiary/aromatic N) is 1. The van der Waals surface area contributed by atoms with Gasteiger partial charge in [0.15, 0.2) is 0 Å². The lowest BCUT2D eigenvalue weighted by Crippen LogP contribution is -2.65. The van der Waals surface area contributed by atoms with Gasteiger partial charge in [0.25, 0.3) is 5.91 Å². The van der Waals surface area contributed by atoms with Crippen molar-refractivity contribution in [3.05, 3.63) is 0 Å². The van der Waals surface area contributed by atoms with Crippen LogP contribution in [0, 0.1) is 23.7 Å². The van der Waals surface area contributed by atoms with E-state index in [1.54, 1.807) is 27.7 Å². The van der Waals surface area contributed by atoms with Crippen molar-refractivity contribution in [2.24, 2.45) is 23.7 Å². The van der Waals surface area contributed by atoms with Crippen molar-refractivity contribution in [1.29, 1.82) is 0 Å². The molecule has 1 aliphatic rings. The first-order valence-corrected chi connectivity index (χ1v) is 18.9. The molecule has 1 saturated heterocycles. The second kappa shape index (κ2) is 22.8. The van der Waals surface area contributed by atoms with Gasteiger partial charge in [0.1, 0.15) is 30.2 Å². The summed E-state index contributed by atoms with van der Waals surface area (Å²) in [5.74, 6) is -6.06. The van der Waals surface area contributed by atoms with Gasteiger partial charge in [-0.25, -0.2) is 0 Å². The monoisotopic (exact) mass is 725 g/mol. The topological polar surface area (TPSA) is 214 Å². The first-order valence-electron chi connectivity index (χ1n) is 18.9. The van der Waals surface area contributed by atoms with Crippen LogP contribution in [0.1, 0.15) is 127 Å². The highest BCUT2D eigenvalue weighted by Crippen LogP contribution is 2.22. The molecule has 0 aromatic heterocycles. The number of hydrogen-bond acceptors (Lipinski definition) is 9. The lowest BCUT2D eigenvalue weighted by atomic mass is 9.92. The molecule has 8 unspecified atom stereocenters. The normalized spacial score (nSPS) is 24.7. The number of aliphatic hydroxyl groups excluding tert-OH is 3. The third-order valence-electron chi connectivity index (χ3n) is 9.48. The number of unbranched alkanes of at least 4 members (excludes halogenated alkanes) is 5. The van der Waals surface area contributed by atoms with Crippen LogP contribution in [0.2, 0.25) is 0 Å². The minimum atomic E-state index is -1.82. The molecule has 14 nitrogen and oxygen atoms in total. The van der Waals surface area contributed by atoms with Gasteiger partial charge < -0.3 is 36.6 Å². The van der Waals surface area contributed by atoms with E-state index >= 15 is 0 Å². The van der Waals surface area contributed by atoms with Gasteiger partial charge >= 0.3 is 0 Å². The van der Waals surface area contributed by atoms with Crippen molar-refractivity contribution in [2.45, 2.75) is 169 Å². The molecule has 14 heteroatoms. The second-order valence-corrected chi connectivity index (χ2v) is 15.4. The third-order valence-corrected chi connectivity index (χ3v) is 9.48. The van der Waals surface area contributed by atoms with Gasteiger partial charge in [0, 0.05) is 6.42 Å². The molecule has 0 radical (unpaired) electrons. The van der Waals surface area contributed by atoms with Crippen molar-refractivity contribution < 1.29 is 44.1 Å². The van der Waals surface area contributed by atoms with Crippen LogP contribution < -0.4 is 21.3 Å². The van der Waals surface area contributed by atoms with Crippen molar-refractivity contribution in [1.82, 2.24) is 26.2 Å². The molecule has 1 fully saturated rings. The Balaban J connectivity index is 3.75.